The summed E-state index contributed by atoms with van der Waals surface area (Å²) in [6, 6.07) is 0.284. The van der Waals surface area contributed by atoms with Crippen LogP contribution < -0.4 is 19.9 Å². The quantitative estimate of drug-likeness (QED) is 0.543. The molecule has 0 saturated carbocycles. The van der Waals surface area contributed by atoms with Crippen LogP contribution >= 0.6 is 11.6 Å². The van der Waals surface area contributed by atoms with Gasteiger partial charge in [-0.05, 0) is 18.2 Å². The van der Waals surface area contributed by atoms with Crippen LogP contribution in [0.15, 0.2) is 18.2 Å². The van der Waals surface area contributed by atoms with Crippen molar-refractivity contribution in [1.82, 2.24) is 10.3 Å². The number of nitrogens with zero attached hydrogens (tertiary/aromatic N) is 3. The van der Waals surface area contributed by atoms with Crippen molar-refractivity contribution < 1.29 is 36.3 Å². The van der Waals surface area contributed by atoms with Gasteiger partial charge in [-0.2, -0.15) is 18.2 Å². The van der Waals surface area contributed by atoms with E-state index < -0.39 is 52.2 Å². The molecule has 2 aliphatic heterocycles. The number of benzene rings is 1. The van der Waals surface area contributed by atoms with Crippen LogP contribution in [-0.2, 0) is 17.4 Å². The van der Waals surface area contributed by atoms with Crippen molar-refractivity contribution in [2.75, 3.05) is 30.0 Å². The third kappa shape index (κ3) is 3.57. The summed E-state index contributed by atoms with van der Waals surface area (Å²) in [6.07, 6.45) is -4.74. The lowest BCUT2D eigenvalue weighted by Gasteiger charge is -2.27. The maximum absolute atomic E-state index is 14.4. The number of urea groups is 1. The Morgan fingerprint density at radius 3 is 2.75 bits per heavy atom. The van der Waals surface area contributed by atoms with Crippen molar-refractivity contribution in [3.63, 3.8) is 0 Å². The highest BCUT2D eigenvalue weighted by Gasteiger charge is 2.43. The van der Waals surface area contributed by atoms with Crippen LogP contribution in [0.2, 0.25) is 5.02 Å². The third-order valence-corrected chi connectivity index (χ3v) is 5.53. The van der Waals surface area contributed by atoms with E-state index in [9.17, 15) is 31.5 Å². The molecule has 1 saturated heterocycles. The van der Waals surface area contributed by atoms with E-state index in [0.717, 1.165) is 29.0 Å². The van der Waals surface area contributed by atoms with E-state index >= 15 is 0 Å². The number of aromatic nitrogens is 1. The number of pyridine rings is 1. The van der Waals surface area contributed by atoms with Crippen molar-refractivity contribution in [3.8, 4) is 5.88 Å². The summed E-state index contributed by atoms with van der Waals surface area (Å²) in [5.74, 6) is -3.81. The second-order valence-corrected chi connectivity index (χ2v) is 7.45. The van der Waals surface area contributed by atoms with Gasteiger partial charge in [-0.1, -0.05) is 11.6 Å². The van der Waals surface area contributed by atoms with Gasteiger partial charge in [-0.25, -0.2) is 13.6 Å². The van der Waals surface area contributed by atoms with E-state index in [1.165, 1.54) is 0 Å². The Bertz CT molecular complexity index is 1130. The van der Waals surface area contributed by atoms with Crippen LogP contribution in [0.3, 0.4) is 0 Å². The molecule has 2 aromatic rings. The van der Waals surface area contributed by atoms with E-state index in [1.807, 2.05) is 0 Å². The van der Waals surface area contributed by atoms with E-state index in [1.54, 1.807) is 0 Å². The second kappa shape index (κ2) is 7.76. The molecule has 0 bridgehead atoms. The second-order valence-electron chi connectivity index (χ2n) is 7.07. The number of amides is 3. The number of fused-ring (bicyclic) bond motifs is 1. The van der Waals surface area contributed by atoms with Crippen LogP contribution in [0.1, 0.15) is 11.1 Å². The zero-order valence-electron chi connectivity index (χ0n) is 16.3. The number of hydrogen-bond acceptors (Lipinski definition) is 4. The number of carbonyl (C=O) groups excluding carboxylic acids is 2. The molecule has 170 valence electrons. The lowest BCUT2D eigenvalue weighted by atomic mass is 10.1. The summed E-state index contributed by atoms with van der Waals surface area (Å²) in [6.45, 7) is -0.281. The maximum atomic E-state index is 14.4. The van der Waals surface area contributed by atoms with Gasteiger partial charge >= 0.3 is 12.2 Å². The Kier molecular flexibility index (Phi) is 5.35. The first kappa shape index (κ1) is 22.1. The Balaban J connectivity index is 1.72. The number of hydrogen-bond donors (Lipinski definition) is 1. The monoisotopic (exact) mass is 476 g/mol. The predicted molar refractivity (Wildman–Crippen MR) is 103 cm³/mol. The largest absolute Gasteiger partial charge is 0.477 e. The van der Waals surface area contributed by atoms with Gasteiger partial charge in [0.05, 0.1) is 17.9 Å². The molecule has 0 radical (unpaired) electrons. The molecule has 3 amide bonds. The highest BCUT2D eigenvalue weighted by Crippen LogP contribution is 2.40. The first-order chi connectivity index (χ1) is 15.0. The SMILES string of the molecule is CN(C(=O)[C@@H]1CNC(=O)N1c1cc(C(F)(F)F)c2c(n1)OCC2)c1ccc(F)c(Cl)c1F. The topological polar surface area (TPSA) is 74.8 Å². The molecule has 7 nitrogen and oxygen atoms in total. The summed E-state index contributed by atoms with van der Waals surface area (Å²) in [4.78, 5) is 31.0. The summed E-state index contributed by atoms with van der Waals surface area (Å²) in [7, 11) is 1.16. The molecule has 0 aliphatic carbocycles. The Morgan fingerprint density at radius 1 is 1.34 bits per heavy atom. The van der Waals surface area contributed by atoms with Crippen LogP contribution in [0, 0.1) is 11.6 Å². The zero-order valence-corrected chi connectivity index (χ0v) is 17.0. The molecule has 2 aliphatic rings. The number of carbonyl (C=O) groups is 2. The maximum Gasteiger partial charge on any atom is 0.417 e. The van der Waals surface area contributed by atoms with Crippen molar-refractivity contribution >= 4 is 35.0 Å². The minimum atomic E-state index is -4.74. The first-order valence-corrected chi connectivity index (χ1v) is 9.60. The zero-order chi connectivity index (χ0) is 23.4. The van der Waals surface area contributed by atoms with Crippen molar-refractivity contribution in [2.45, 2.75) is 18.6 Å². The number of alkyl halides is 3. The fourth-order valence-electron chi connectivity index (χ4n) is 3.60. The molecule has 3 heterocycles. The number of nitrogens with one attached hydrogen (secondary N) is 1. The average Bonchev–Trinajstić information content (AvgIpc) is 3.35. The molecular formula is C19H14ClF5N4O3. The number of anilines is 2. The minimum absolute atomic E-state index is 0.000642. The van der Waals surface area contributed by atoms with Gasteiger partial charge in [0.2, 0.25) is 5.88 Å². The highest BCUT2D eigenvalue weighted by molar-refractivity contribution is 6.31. The number of rotatable bonds is 3. The standard InChI is InChI=1S/C19H14ClF5N4O3/c1-28(11-3-2-10(21)14(20)15(11)22)17(30)12-7-26-18(31)29(12)13-6-9(19(23,24)25)8-4-5-32-16(8)27-13/h2-3,6,12H,4-5,7H2,1H3,(H,26,31)/t12-/m0/s1. The molecule has 1 N–H and O–H groups in total. The Hall–Kier alpha value is -3.15. The molecule has 1 aromatic heterocycles. The molecule has 13 heteroatoms. The van der Waals surface area contributed by atoms with Crippen LogP contribution in [0.4, 0.5) is 38.3 Å². The predicted octanol–water partition coefficient (Wildman–Crippen LogP) is 3.53. The van der Waals surface area contributed by atoms with E-state index in [2.05, 4.69) is 10.3 Å². The fraction of sp³-hybridized carbons (Fsp3) is 0.316. The van der Waals surface area contributed by atoms with Crippen molar-refractivity contribution in [3.05, 3.63) is 46.0 Å². The van der Waals surface area contributed by atoms with Gasteiger partial charge in [0.15, 0.2) is 5.82 Å². The lowest BCUT2D eigenvalue weighted by Crippen LogP contribution is -2.47. The first-order valence-electron chi connectivity index (χ1n) is 9.22. The molecule has 32 heavy (non-hydrogen) atoms. The minimum Gasteiger partial charge on any atom is -0.477 e. The van der Waals surface area contributed by atoms with Crippen molar-refractivity contribution in [2.24, 2.45) is 0 Å². The average molecular weight is 477 g/mol. The van der Waals surface area contributed by atoms with E-state index in [-0.39, 0.29) is 36.7 Å². The number of likely N-dealkylation sites (N-methyl/N-ethyl adjacent to an activating group) is 1. The van der Waals surface area contributed by atoms with Gasteiger partial charge in [-0.15, -0.1) is 0 Å². The van der Waals surface area contributed by atoms with Crippen LogP contribution in [-0.4, -0.2) is 43.2 Å². The number of halogens is 6. The molecule has 1 fully saturated rings. The lowest BCUT2D eigenvalue weighted by molar-refractivity contribution is -0.138. The Labute approximate surface area is 182 Å². The molecule has 1 aromatic carbocycles. The van der Waals surface area contributed by atoms with Gasteiger partial charge in [-0.3, -0.25) is 9.69 Å². The number of ether oxygens (including phenoxy) is 1. The molecule has 0 unspecified atom stereocenters. The van der Waals surface area contributed by atoms with Crippen LogP contribution in [0.5, 0.6) is 5.88 Å². The smallest absolute Gasteiger partial charge is 0.417 e. The Morgan fingerprint density at radius 2 is 2.06 bits per heavy atom. The van der Waals surface area contributed by atoms with Gasteiger partial charge in [0.1, 0.15) is 22.7 Å². The van der Waals surface area contributed by atoms with Gasteiger partial charge in [0, 0.05) is 25.6 Å². The molecule has 1 atom stereocenters. The van der Waals surface area contributed by atoms with E-state index in [4.69, 9.17) is 16.3 Å². The van der Waals surface area contributed by atoms with Crippen molar-refractivity contribution in [1.29, 1.82) is 0 Å². The van der Waals surface area contributed by atoms with E-state index in [0.29, 0.717) is 6.07 Å². The third-order valence-electron chi connectivity index (χ3n) is 5.18. The summed E-state index contributed by atoms with van der Waals surface area (Å²) in [5.41, 5.74) is -1.53. The molecule has 4 rings (SSSR count). The van der Waals surface area contributed by atoms with Gasteiger partial charge < -0.3 is 15.0 Å². The van der Waals surface area contributed by atoms with Crippen LogP contribution in [0.25, 0.3) is 0 Å². The highest BCUT2D eigenvalue weighted by atomic mass is 35.5. The van der Waals surface area contributed by atoms with Gasteiger partial charge in [0.25, 0.3) is 5.91 Å². The molecular weight excluding hydrogens is 463 g/mol. The summed E-state index contributed by atoms with van der Waals surface area (Å²) >= 11 is 5.56. The normalized spacial score (nSPS) is 17.8. The molecule has 0 spiro atoms. The summed E-state index contributed by atoms with van der Waals surface area (Å²) < 4.78 is 73.7. The fourth-order valence-corrected chi connectivity index (χ4v) is 3.76. The summed E-state index contributed by atoms with van der Waals surface area (Å²) in [5, 5.41) is 1.54.